The topological polar surface area (TPSA) is 77.0 Å². The summed E-state index contributed by atoms with van der Waals surface area (Å²) in [6, 6.07) is 10.1. The second-order valence-electron chi connectivity index (χ2n) is 4.48. The van der Waals surface area contributed by atoms with Gasteiger partial charge in [-0.2, -0.15) is 0 Å². The molecule has 0 saturated carbocycles. The van der Waals surface area contributed by atoms with Crippen molar-refractivity contribution >= 4 is 21.7 Å². The summed E-state index contributed by atoms with van der Waals surface area (Å²) in [4.78, 5) is 4.09. The minimum Gasteiger partial charge on any atom is -0.383 e. The second-order valence-corrected chi connectivity index (χ2v) is 5.33. The number of nitrogens with zero attached hydrogens (tertiary/aromatic N) is 1. The zero-order chi connectivity index (χ0) is 13.8. The van der Waals surface area contributed by atoms with Gasteiger partial charge in [0, 0.05) is 10.7 Å². The Kier molecular flexibility index (Phi) is 4.52. The molecular formula is C14H17BrN4. The molecule has 0 aliphatic heterocycles. The molecule has 1 heterocycles. The number of nitrogen functional groups attached to an aromatic ring is 1. The number of rotatable bonds is 4. The van der Waals surface area contributed by atoms with Crippen LogP contribution in [0.15, 0.2) is 41.0 Å². The predicted octanol–water partition coefficient (Wildman–Crippen LogP) is 2.48. The van der Waals surface area contributed by atoms with Crippen LogP contribution in [0.3, 0.4) is 0 Å². The lowest BCUT2D eigenvalue weighted by molar-refractivity contribution is 0.551. The van der Waals surface area contributed by atoms with Crippen LogP contribution in [0.5, 0.6) is 0 Å². The summed E-state index contributed by atoms with van der Waals surface area (Å²) in [5, 5.41) is 0. The van der Waals surface area contributed by atoms with Crippen LogP contribution in [0, 0.1) is 6.92 Å². The maximum atomic E-state index is 5.87. The van der Waals surface area contributed by atoms with Crippen molar-refractivity contribution in [3.63, 3.8) is 0 Å². The average molecular weight is 321 g/mol. The number of halogens is 1. The Morgan fingerprint density at radius 2 is 2.16 bits per heavy atom. The summed E-state index contributed by atoms with van der Waals surface area (Å²) in [5.74, 6) is 6.21. The quantitative estimate of drug-likeness (QED) is 0.597. The van der Waals surface area contributed by atoms with E-state index in [1.165, 1.54) is 5.56 Å². The first kappa shape index (κ1) is 14.0. The van der Waals surface area contributed by atoms with E-state index in [1.807, 2.05) is 12.1 Å². The lowest BCUT2D eigenvalue weighted by Crippen LogP contribution is -2.29. The molecule has 0 aliphatic carbocycles. The lowest BCUT2D eigenvalue weighted by Gasteiger charge is -2.18. The van der Waals surface area contributed by atoms with Crippen LogP contribution >= 0.6 is 15.9 Å². The number of hydrogen-bond donors (Lipinski definition) is 3. The molecule has 100 valence electrons. The Hall–Kier alpha value is -1.43. The third-order valence-corrected chi connectivity index (χ3v) is 4.00. The van der Waals surface area contributed by atoms with Gasteiger partial charge in [0.2, 0.25) is 0 Å². The van der Waals surface area contributed by atoms with Crippen LogP contribution in [0.25, 0.3) is 0 Å². The molecule has 1 atom stereocenters. The number of hydrogen-bond acceptors (Lipinski definition) is 4. The van der Waals surface area contributed by atoms with Gasteiger partial charge >= 0.3 is 0 Å². The Morgan fingerprint density at radius 3 is 2.79 bits per heavy atom. The summed E-state index contributed by atoms with van der Waals surface area (Å²) in [6.45, 7) is 2.05. The molecule has 1 aromatic carbocycles. The molecule has 2 rings (SSSR count). The van der Waals surface area contributed by atoms with Crippen LogP contribution in [-0.2, 0) is 6.42 Å². The molecule has 2 aromatic rings. The third-order valence-electron chi connectivity index (χ3n) is 3.15. The van der Waals surface area contributed by atoms with Gasteiger partial charge in [-0.3, -0.25) is 11.3 Å². The number of pyridine rings is 1. The van der Waals surface area contributed by atoms with Crippen molar-refractivity contribution < 1.29 is 0 Å². The minimum absolute atomic E-state index is 0.00315. The van der Waals surface area contributed by atoms with Crippen LogP contribution < -0.4 is 17.0 Å². The Labute approximate surface area is 121 Å². The highest BCUT2D eigenvalue weighted by atomic mass is 79.9. The third kappa shape index (κ3) is 3.32. The molecule has 5 heteroatoms. The number of nitrogens with one attached hydrogen (secondary N) is 1. The van der Waals surface area contributed by atoms with E-state index in [4.69, 9.17) is 11.6 Å². The number of aryl methyl sites for hydroxylation is 1. The molecule has 0 fully saturated rings. The standard InChI is InChI=1S/C14H17BrN4/c1-9-4-5-10(7-12(9)15)13(19-17)8-11-3-2-6-18-14(11)16/h2-7,13,19H,8,17H2,1H3,(H2,16,18). The number of hydrazine groups is 1. The molecule has 0 saturated heterocycles. The zero-order valence-corrected chi connectivity index (χ0v) is 12.3. The van der Waals surface area contributed by atoms with Crippen molar-refractivity contribution in [3.8, 4) is 0 Å². The molecule has 0 bridgehead atoms. The molecular weight excluding hydrogens is 304 g/mol. The van der Waals surface area contributed by atoms with E-state index in [2.05, 4.69) is 51.5 Å². The summed E-state index contributed by atoms with van der Waals surface area (Å²) in [5.41, 5.74) is 12.0. The van der Waals surface area contributed by atoms with Crippen molar-refractivity contribution in [3.05, 3.63) is 57.7 Å². The first-order valence-corrected chi connectivity index (χ1v) is 6.82. The molecule has 0 radical (unpaired) electrons. The smallest absolute Gasteiger partial charge is 0.126 e. The van der Waals surface area contributed by atoms with Gasteiger partial charge in [-0.05, 0) is 42.2 Å². The monoisotopic (exact) mass is 320 g/mol. The van der Waals surface area contributed by atoms with Crippen LogP contribution in [0.4, 0.5) is 5.82 Å². The number of aromatic nitrogens is 1. The highest BCUT2D eigenvalue weighted by Crippen LogP contribution is 2.24. The van der Waals surface area contributed by atoms with E-state index in [0.717, 1.165) is 15.6 Å². The molecule has 0 aliphatic rings. The fourth-order valence-corrected chi connectivity index (χ4v) is 2.34. The molecule has 19 heavy (non-hydrogen) atoms. The van der Waals surface area contributed by atoms with Gasteiger partial charge in [-0.15, -0.1) is 0 Å². The van der Waals surface area contributed by atoms with Gasteiger partial charge in [-0.1, -0.05) is 34.1 Å². The molecule has 0 amide bonds. The van der Waals surface area contributed by atoms with E-state index in [9.17, 15) is 0 Å². The van der Waals surface area contributed by atoms with Gasteiger partial charge in [0.1, 0.15) is 5.82 Å². The fraction of sp³-hybridized carbons (Fsp3) is 0.214. The predicted molar refractivity (Wildman–Crippen MR) is 81.3 cm³/mol. The lowest BCUT2D eigenvalue weighted by atomic mass is 9.99. The summed E-state index contributed by atoms with van der Waals surface area (Å²) in [7, 11) is 0. The van der Waals surface area contributed by atoms with Gasteiger partial charge in [-0.25, -0.2) is 4.98 Å². The van der Waals surface area contributed by atoms with Gasteiger partial charge in [0.15, 0.2) is 0 Å². The molecule has 0 spiro atoms. The van der Waals surface area contributed by atoms with Gasteiger partial charge < -0.3 is 5.73 Å². The summed E-state index contributed by atoms with van der Waals surface area (Å²) in [6.07, 6.45) is 2.39. The van der Waals surface area contributed by atoms with E-state index >= 15 is 0 Å². The highest BCUT2D eigenvalue weighted by Gasteiger charge is 2.13. The Morgan fingerprint density at radius 1 is 1.37 bits per heavy atom. The average Bonchev–Trinajstić information content (AvgIpc) is 2.41. The van der Waals surface area contributed by atoms with Crippen molar-refractivity contribution in [1.82, 2.24) is 10.4 Å². The largest absolute Gasteiger partial charge is 0.383 e. The number of anilines is 1. The van der Waals surface area contributed by atoms with Gasteiger partial charge in [0.25, 0.3) is 0 Å². The second kappa shape index (κ2) is 6.14. The van der Waals surface area contributed by atoms with Crippen LogP contribution in [0.1, 0.15) is 22.7 Å². The van der Waals surface area contributed by atoms with Crippen molar-refractivity contribution in [1.29, 1.82) is 0 Å². The van der Waals surface area contributed by atoms with E-state index in [-0.39, 0.29) is 6.04 Å². The minimum atomic E-state index is 0.00315. The van der Waals surface area contributed by atoms with Crippen LogP contribution in [0.2, 0.25) is 0 Å². The zero-order valence-electron chi connectivity index (χ0n) is 10.7. The maximum Gasteiger partial charge on any atom is 0.126 e. The van der Waals surface area contributed by atoms with E-state index in [1.54, 1.807) is 6.20 Å². The normalized spacial score (nSPS) is 12.4. The van der Waals surface area contributed by atoms with Crippen molar-refractivity contribution in [2.75, 3.05) is 5.73 Å². The summed E-state index contributed by atoms with van der Waals surface area (Å²) < 4.78 is 1.07. The van der Waals surface area contributed by atoms with Crippen molar-refractivity contribution in [2.45, 2.75) is 19.4 Å². The highest BCUT2D eigenvalue weighted by molar-refractivity contribution is 9.10. The maximum absolute atomic E-state index is 5.87. The Balaban J connectivity index is 2.25. The molecule has 4 nitrogen and oxygen atoms in total. The van der Waals surface area contributed by atoms with Crippen molar-refractivity contribution in [2.24, 2.45) is 5.84 Å². The first-order valence-electron chi connectivity index (χ1n) is 6.03. The number of nitrogens with two attached hydrogens (primary N) is 2. The fourth-order valence-electron chi connectivity index (χ4n) is 1.94. The van der Waals surface area contributed by atoms with E-state index in [0.29, 0.717) is 12.2 Å². The van der Waals surface area contributed by atoms with Crippen LogP contribution in [-0.4, -0.2) is 4.98 Å². The number of benzene rings is 1. The SMILES string of the molecule is Cc1ccc(C(Cc2cccnc2N)NN)cc1Br. The Bertz CT molecular complexity index is 571. The first-order chi connectivity index (χ1) is 9.11. The van der Waals surface area contributed by atoms with Gasteiger partial charge in [0.05, 0.1) is 6.04 Å². The molecule has 5 N–H and O–H groups in total. The molecule has 1 unspecified atom stereocenters. The summed E-state index contributed by atoms with van der Waals surface area (Å²) >= 11 is 3.54. The molecule has 1 aromatic heterocycles. The van der Waals surface area contributed by atoms with E-state index < -0.39 is 0 Å².